The lowest BCUT2D eigenvalue weighted by Gasteiger charge is -2.36. The minimum atomic E-state index is -3.01. The summed E-state index contributed by atoms with van der Waals surface area (Å²) in [4.78, 5) is 16.7. The molecule has 0 bridgehead atoms. The van der Waals surface area contributed by atoms with E-state index in [2.05, 4.69) is 20.3 Å². The Morgan fingerprint density at radius 3 is 2.85 bits per heavy atom. The first kappa shape index (κ1) is 25.8. The van der Waals surface area contributed by atoms with E-state index < -0.39 is 12.0 Å². The molecule has 0 spiro atoms. The third kappa shape index (κ3) is 5.20. The summed E-state index contributed by atoms with van der Waals surface area (Å²) in [5.41, 5.74) is 8.56. The molecular formula is C29H29F2N7O2. The summed E-state index contributed by atoms with van der Waals surface area (Å²) in [6.07, 6.45) is 9.80. The third-order valence-corrected chi connectivity index (χ3v) is 6.98. The molecule has 0 aliphatic carbocycles. The van der Waals surface area contributed by atoms with Gasteiger partial charge in [-0.3, -0.25) is 0 Å². The molecule has 4 heterocycles. The zero-order valence-corrected chi connectivity index (χ0v) is 22.1. The van der Waals surface area contributed by atoms with Crippen molar-refractivity contribution in [2.24, 2.45) is 4.99 Å². The van der Waals surface area contributed by atoms with Gasteiger partial charge in [0.2, 0.25) is 0 Å². The number of fused-ring (bicyclic) bond motifs is 2. The van der Waals surface area contributed by atoms with Crippen molar-refractivity contribution in [1.29, 1.82) is 0 Å². The zero-order chi connectivity index (χ0) is 27.9. The van der Waals surface area contributed by atoms with E-state index in [9.17, 15) is 8.78 Å². The highest BCUT2D eigenvalue weighted by molar-refractivity contribution is 5.98. The summed E-state index contributed by atoms with van der Waals surface area (Å²) >= 11 is 0. The lowest BCUT2D eigenvalue weighted by atomic mass is 10.0. The molecule has 1 aromatic heterocycles. The van der Waals surface area contributed by atoms with Gasteiger partial charge in [0, 0.05) is 55.4 Å². The lowest BCUT2D eigenvalue weighted by molar-refractivity contribution is -0.134. The van der Waals surface area contributed by atoms with Crippen LogP contribution in [0.4, 0.5) is 26.0 Å². The molecule has 6 rings (SSSR count). The second-order valence-corrected chi connectivity index (χ2v) is 10.1. The van der Waals surface area contributed by atoms with Crippen LogP contribution in [0.5, 0.6) is 11.5 Å². The monoisotopic (exact) mass is 545 g/mol. The highest BCUT2D eigenvalue weighted by Gasteiger charge is 2.45. The van der Waals surface area contributed by atoms with Gasteiger partial charge in [-0.05, 0) is 56.0 Å². The van der Waals surface area contributed by atoms with Crippen LogP contribution in [-0.2, 0) is 0 Å². The van der Waals surface area contributed by atoms with E-state index in [-0.39, 0.29) is 18.7 Å². The highest BCUT2D eigenvalue weighted by Crippen LogP contribution is 2.38. The lowest BCUT2D eigenvalue weighted by Crippen LogP contribution is -2.52. The molecule has 3 N–H and O–H groups in total. The molecular weight excluding hydrogens is 516 g/mol. The van der Waals surface area contributed by atoms with Crippen molar-refractivity contribution in [3.05, 3.63) is 78.6 Å². The van der Waals surface area contributed by atoms with Crippen molar-refractivity contribution in [1.82, 2.24) is 19.8 Å². The fraction of sp³-hybridized carbons (Fsp3) is 0.276. The number of anilines is 3. The van der Waals surface area contributed by atoms with Crippen molar-refractivity contribution in [3.63, 3.8) is 0 Å². The number of nitrogens with one attached hydrogen (secondary N) is 1. The van der Waals surface area contributed by atoms with Crippen molar-refractivity contribution in [3.8, 4) is 11.5 Å². The topological polar surface area (TPSA) is 101 Å². The number of nitrogen functional groups attached to an aromatic ring is 1. The van der Waals surface area contributed by atoms with Gasteiger partial charge in [-0.15, -0.1) is 0 Å². The van der Waals surface area contributed by atoms with Gasteiger partial charge in [0.15, 0.2) is 6.10 Å². The predicted octanol–water partition coefficient (Wildman–Crippen LogP) is 5.00. The van der Waals surface area contributed by atoms with Gasteiger partial charge >= 0.3 is 0 Å². The largest absolute Gasteiger partial charge is 0.483 e. The molecule has 3 aliphatic rings. The number of piperidine rings is 1. The fourth-order valence-electron chi connectivity index (χ4n) is 4.97. The average molecular weight is 546 g/mol. The first-order chi connectivity index (χ1) is 19.2. The molecule has 0 saturated carbocycles. The Labute approximate surface area is 230 Å². The van der Waals surface area contributed by atoms with E-state index in [1.807, 2.05) is 54.5 Å². The number of allylic oxidation sites excluding steroid dienone is 1. The van der Waals surface area contributed by atoms with Gasteiger partial charge in [-0.2, -0.15) is 0 Å². The molecule has 3 aromatic rings. The number of alkyl halides is 2. The Balaban J connectivity index is 1.26. The summed E-state index contributed by atoms with van der Waals surface area (Å²) in [5.74, 6) is -0.179. The van der Waals surface area contributed by atoms with Crippen LogP contribution in [0.3, 0.4) is 0 Å². The van der Waals surface area contributed by atoms with E-state index >= 15 is 0 Å². The van der Waals surface area contributed by atoms with Gasteiger partial charge in [-0.1, -0.05) is 0 Å². The number of benzene rings is 2. The summed E-state index contributed by atoms with van der Waals surface area (Å²) < 4.78 is 41.7. The Morgan fingerprint density at radius 1 is 1.15 bits per heavy atom. The van der Waals surface area contributed by atoms with Gasteiger partial charge in [0.25, 0.3) is 5.92 Å². The van der Waals surface area contributed by atoms with E-state index in [0.717, 1.165) is 23.6 Å². The van der Waals surface area contributed by atoms with Crippen molar-refractivity contribution < 1.29 is 18.3 Å². The van der Waals surface area contributed by atoms with E-state index in [1.165, 1.54) is 6.33 Å². The van der Waals surface area contributed by atoms with Crippen molar-refractivity contribution >= 4 is 33.9 Å². The second kappa shape index (κ2) is 10.2. The number of ether oxygens (including phenoxy) is 2. The SMILES string of the molecule is Cc1cc(Nc2ncnc3cc(N)cc(OC4CCN(C)CC4(F)F)c23)ccc1OC1=CC2=NC=CCN2C=C1. The summed E-state index contributed by atoms with van der Waals surface area (Å²) in [7, 11) is 1.67. The number of hydrogen-bond donors (Lipinski definition) is 2. The number of amidine groups is 1. The molecule has 206 valence electrons. The first-order valence-electron chi connectivity index (χ1n) is 13.0. The van der Waals surface area contributed by atoms with Crippen LogP contribution in [0.2, 0.25) is 0 Å². The highest BCUT2D eigenvalue weighted by atomic mass is 19.3. The standard InChI is InChI=1S/C29H29F2N7O2/c1-18-12-20(4-5-23(18)39-21-6-11-38-9-3-8-33-26(38)15-21)36-28-27-22(34-17-35-28)13-19(32)14-24(27)40-25-7-10-37(2)16-29(25,30)31/h3-6,8,11-15,17,25H,7,9-10,16,32H2,1-2H3,(H,34,35,36). The maximum Gasteiger partial charge on any atom is 0.296 e. The summed E-state index contributed by atoms with van der Waals surface area (Å²) in [6.45, 7) is 2.85. The normalized spacial score (nSPS) is 20.1. The van der Waals surface area contributed by atoms with Crippen LogP contribution >= 0.6 is 0 Å². The Hall–Kier alpha value is -4.51. The van der Waals surface area contributed by atoms with Crippen LogP contribution in [-0.4, -0.2) is 64.3 Å². The smallest absolute Gasteiger partial charge is 0.296 e. The Morgan fingerprint density at radius 2 is 2.02 bits per heavy atom. The molecule has 11 heteroatoms. The first-order valence-corrected chi connectivity index (χ1v) is 13.0. The molecule has 1 fully saturated rings. The molecule has 1 unspecified atom stereocenters. The molecule has 40 heavy (non-hydrogen) atoms. The molecule has 1 atom stereocenters. The van der Waals surface area contributed by atoms with Crippen LogP contribution in [0.15, 0.2) is 78.0 Å². The number of likely N-dealkylation sites (tertiary alicyclic amines) is 1. The van der Waals surface area contributed by atoms with Crippen molar-refractivity contribution in [2.45, 2.75) is 25.4 Å². The van der Waals surface area contributed by atoms with Gasteiger partial charge in [0.05, 0.1) is 17.4 Å². The van der Waals surface area contributed by atoms with E-state index in [0.29, 0.717) is 40.5 Å². The predicted molar refractivity (Wildman–Crippen MR) is 151 cm³/mol. The quantitative estimate of drug-likeness (QED) is 0.418. The maximum atomic E-state index is 14.8. The fourth-order valence-corrected chi connectivity index (χ4v) is 4.97. The molecule has 0 amide bonds. The number of nitrogens with zero attached hydrogens (tertiary/aromatic N) is 5. The number of rotatable bonds is 6. The second-order valence-electron chi connectivity index (χ2n) is 10.1. The molecule has 0 radical (unpaired) electrons. The van der Waals surface area contributed by atoms with Crippen molar-refractivity contribution in [2.75, 3.05) is 37.7 Å². The Kier molecular flexibility index (Phi) is 6.59. The maximum absolute atomic E-state index is 14.8. The van der Waals surface area contributed by atoms with Gasteiger partial charge in [0.1, 0.15) is 35.2 Å². The molecule has 3 aliphatic heterocycles. The number of aliphatic imine (C=N–C) groups is 1. The summed E-state index contributed by atoms with van der Waals surface area (Å²) in [6, 6.07) is 8.86. The van der Waals surface area contributed by atoms with Crippen LogP contribution in [0, 0.1) is 6.92 Å². The van der Waals surface area contributed by atoms with Gasteiger partial charge < -0.3 is 30.3 Å². The van der Waals surface area contributed by atoms with Crippen LogP contribution in [0.1, 0.15) is 12.0 Å². The number of aryl methyl sites for hydroxylation is 1. The van der Waals surface area contributed by atoms with E-state index in [1.54, 1.807) is 30.3 Å². The molecule has 9 nitrogen and oxygen atoms in total. The Bertz CT molecular complexity index is 1580. The van der Waals surface area contributed by atoms with Gasteiger partial charge in [-0.25, -0.2) is 23.7 Å². The number of halogens is 2. The van der Waals surface area contributed by atoms with Crippen LogP contribution in [0.25, 0.3) is 10.9 Å². The van der Waals surface area contributed by atoms with Crippen LogP contribution < -0.4 is 20.5 Å². The molecule has 1 saturated heterocycles. The number of nitrogens with two attached hydrogens (primary N) is 1. The summed E-state index contributed by atoms with van der Waals surface area (Å²) in [5, 5.41) is 3.78. The third-order valence-electron chi connectivity index (χ3n) is 6.98. The minimum Gasteiger partial charge on any atom is -0.483 e. The number of aromatic nitrogens is 2. The molecule has 2 aromatic carbocycles. The minimum absolute atomic E-state index is 0.185. The number of hydrogen-bond acceptors (Lipinski definition) is 9. The average Bonchev–Trinajstić information content (AvgIpc) is 2.91. The zero-order valence-electron chi connectivity index (χ0n) is 22.1. The van der Waals surface area contributed by atoms with E-state index in [4.69, 9.17) is 15.2 Å².